The molecular formula is C24H27ClN4O4. The van der Waals surface area contributed by atoms with Crippen LogP contribution < -0.4 is 20.7 Å². The average molecular weight is 471 g/mol. The number of para-hydroxylation sites is 2. The molecule has 0 radical (unpaired) electrons. The van der Waals surface area contributed by atoms with Crippen LogP contribution in [0, 0.1) is 0 Å². The molecular weight excluding hydrogens is 444 g/mol. The van der Waals surface area contributed by atoms with Gasteiger partial charge in [0, 0.05) is 16.8 Å². The zero-order chi connectivity index (χ0) is 23.4. The molecule has 2 aliphatic rings. The van der Waals surface area contributed by atoms with E-state index in [1.165, 1.54) is 7.11 Å². The summed E-state index contributed by atoms with van der Waals surface area (Å²) >= 11 is 5.95. The van der Waals surface area contributed by atoms with E-state index >= 15 is 0 Å². The quantitative estimate of drug-likeness (QED) is 0.614. The molecule has 1 saturated heterocycles. The molecule has 1 saturated carbocycles. The summed E-state index contributed by atoms with van der Waals surface area (Å²) in [5.74, 6) is -0.179. The van der Waals surface area contributed by atoms with Crippen LogP contribution >= 0.6 is 11.6 Å². The van der Waals surface area contributed by atoms with Gasteiger partial charge in [-0.1, -0.05) is 36.6 Å². The monoisotopic (exact) mass is 470 g/mol. The molecule has 2 fully saturated rings. The van der Waals surface area contributed by atoms with E-state index in [9.17, 15) is 14.4 Å². The van der Waals surface area contributed by atoms with Crippen LogP contribution in [-0.4, -0.2) is 48.0 Å². The van der Waals surface area contributed by atoms with E-state index < -0.39 is 12.1 Å². The van der Waals surface area contributed by atoms with Crippen LogP contribution in [0.1, 0.15) is 32.1 Å². The molecule has 0 spiro atoms. The van der Waals surface area contributed by atoms with Gasteiger partial charge in [0.1, 0.15) is 11.8 Å². The fraction of sp³-hybridized carbons (Fsp3) is 0.375. The Bertz CT molecular complexity index is 1030. The fourth-order valence-corrected chi connectivity index (χ4v) is 4.70. The predicted octanol–water partition coefficient (Wildman–Crippen LogP) is 4.02. The fourth-order valence-electron chi connectivity index (χ4n) is 4.58. The highest BCUT2D eigenvalue weighted by atomic mass is 35.5. The van der Waals surface area contributed by atoms with E-state index in [-0.39, 0.29) is 30.3 Å². The molecule has 4 rings (SSSR count). The average Bonchev–Trinajstić information content (AvgIpc) is 2.81. The molecule has 3 N–H and O–H groups in total. The number of hydrogen-bond acceptors (Lipinski definition) is 4. The number of amides is 4. The van der Waals surface area contributed by atoms with E-state index in [0.29, 0.717) is 22.1 Å². The zero-order valence-corrected chi connectivity index (χ0v) is 19.1. The number of anilines is 2. The van der Waals surface area contributed by atoms with Crippen molar-refractivity contribution in [3.8, 4) is 5.75 Å². The van der Waals surface area contributed by atoms with Crippen molar-refractivity contribution < 1.29 is 19.1 Å². The Morgan fingerprint density at radius 3 is 2.58 bits per heavy atom. The smallest absolute Gasteiger partial charge is 0.322 e. The van der Waals surface area contributed by atoms with Gasteiger partial charge in [0.25, 0.3) is 0 Å². The van der Waals surface area contributed by atoms with Gasteiger partial charge in [0.15, 0.2) is 0 Å². The van der Waals surface area contributed by atoms with Crippen LogP contribution in [0.4, 0.5) is 16.2 Å². The van der Waals surface area contributed by atoms with Crippen molar-refractivity contribution in [2.75, 3.05) is 17.7 Å². The van der Waals surface area contributed by atoms with Crippen molar-refractivity contribution in [1.29, 1.82) is 0 Å². The van der Waals surface area contributed by atoms with Gasteiger partial charge >= 0.3 is 6.03 Å². The molecule has 0 aromatic heterocycles. The Balaban J connectivity index is 1.55. The molecule has 8 nitrogen and oxygen atoms in total. The van der Waals surface area contributed by atoms with Crippen molar-refractivity contribution in [3.63, 3.8) is 0 Å². The Labute approximate surface area is 197 Å². The minimum Gasteiger partial charge on any atom is -0.495 e. The molecule has 1 aliphatic heterocycles. The first kappa shape index (κ1) is 22.9. The molecule has 1 heterocycles. The number of carbonyl (C=O) groups is 3. The molecule has 0 bridgehead atoms. The summed E-state index contributed by atoms with van der Waals surface area (Å²) in [5.41, 5.74) is 1.08. The number of urea groups is 1. The topological polar surface area (TPSA) is 99.8 Å². The van der Waals surface area contributed by atoms with Crippen LogP contribution in [0.15, 0.2) is 48.5 Å². The number of nitrogens with zero attached hydrogens (tertiary/aromatic N) is 1. The van der Waals surface area contributed by atoms with E-state index in [1.807, 2.05) is 0 Å². The lowest BCUT2D eigenvalue weighted by molar-refractivity contribution is -0.135. The van der Waals surface area contributed by atoms with E-state index in [0.717, 1.165) is 25.7 Å². The van der Waals surface area contributed by atoms with Crippen LogP contribution in [-0.2, 0) is 9.59 Å². The first-order chi connectivity index (χ1) is 16.0. The van der Waals surface area contributed by atoms with E-state index in [4.69, 9.17) is 16.3 Å². The van der Waals surface area contributed by atoms with Gasteiger partial charge < -0.3 is 25.6 Å². The van der Waals surface area contributed by atoms with Gasteiger partial charge in [-0.3, -0.25) is 9.59 Å². The van der Waals surface area contributed by atoms with Gasteiger partial charge in [0.2, 0.25) is 11.8 Å². The van der Waals surface area contributed by atoms with Gasteiger partial charge in [-0.25, -0.2) is 4.79 Å². The molecule has 0 unspecified atom stereocenters. The van der Waals surface area contributed by atoms with Crippen molar-refractivity contribution in [3.05, 3.63) is 53.6 Å². The number of rotatable bonds is 5. The molecule has 4 amide bonds. The number of benzene rings is 2. The molecule has 33 heavy (non-hydrogen) atoms. The summed E-state index contributed by atoms with van der Waals surface area (Å²) in [6, 6.07) is 12.2. The second kappa shape index (κ2) is 10.1. The van der Waals surface area contributed by atoms with E-state index in [2.05, 4.69) is 16.0 Å². The van der Waals surface area contributed by atoms with Crippen LogP contribution in [0.2, 0.25) is 5.02 Å². The Kier molecular flexibility index (Phi) is 7.03. The normalized spacial score (nSPS) is 22.1. The highest BCUT2D eigenvalue weighted by Gasteiger charge is 2.46. The number of methoxy groups -OCH3 is 1. The van der Waals surface area contributed by atoms with Crippen molar-refractivity contribution >= 4 is 40.8 Å². The third-order valence-corrected chi connectivity index (χ3v) is 6.39. The summed E-state index contributed by atoms with van der Waals surface area (Å²) in [4.78, 5) is 40.8. The van der Waals surface area contributed by atoms with Gasteiger partial charge in [0.05, 0.1) is 25.3 Å². The first-order valence-electron chi connectivity index (χ1n) is 11.0. The highest BCUT2D eigenvalue weighted by Crippen LogP contribution is 2.31. The summed E-state index contributed by atoms with van der Waals surface area (Å²) < 4.78 is 5.28. The summed E-state index contributed by atoms with van der Waals surface area (Å²) in [6.07, 6.45) is 3.36. The lowest BCUT2D eigenvalue weighted by Gasteiger charge is -2.47. The van der Waals surface area contributed by atoms with Crippen molar-refractivity contribution in [2.24, 2.45) is 0 Å². The third kappa shape index (κ3) is 5.22. The molecule has 2 aromatic rings. The van der Waals surface area contributed by atoms with Crippen LogP contribution in [0.5, 0.6) is 5.75 Å². The molecule has 3 atom stereocenters. The molecule has 2 aromatic carbocycles. The van der Waals surface area contributed by atoms with Crippen molar-refractivity contribution in [2.45, 2.75) is 50.2 Å². The summed E-state index contributed by atoms with van der Waals surface area (Å²) in [7, 11) is 1.52. The second-order valence-corrected chi connectivity index (χ2v) is 8.72. The molecule has 1 aliphatic carbocycles. The number of ether oxygens (including phenoxy) is 1. The third-order valence-electron chi connectivity index (χ3n) is 6.14. The van der Waals surface area contributed by atoms with Gasteiger partial charge in [-0.05, 0) is 49.2 Å². The lowest BCUT2D eigenvalue weighted by atomic mass is 9.85. The van der Waals surface area contributed by atoms with Crippen molar-refractivity contribution in [1.82, 2.24) is 10.2 Å². The minimum atomic E-state index is -0.925. The minimum absolute atomic E-state index is 0.115. The zero-order valence-electron chi connectivity index (χ0n) is 18.3. The maximum atomic E-state index is 13.4. The standard InChI is InChI=1S/C24H27ClN4O4/c1-33-21-9-5-3-7-18(21)27-22(30)14-20-23(31)28-17-6-2-4-8-19(17)29(20)24(32)26-16-12-10-15(25)11-13-16/h3,5,7,9-13,17,19-20H,2,4,6,8,14H2,1H3,(H,26,32)(H,27,30)(H,28,31)/t17-,19-,20-/m0/s1. The Hall–Kier alpha value is -3.26. The molecule has 174 valence electrons. The SMILES string of the molecule is COc1ccccc1NC(=O)C[C@H]1C(=O)N[C@H]2CCCC[C@@H]2N1C(=O)Nc1ccc(Cl)cc1. The molecule has 9 heteroatoms. The number of piperazine rings is 1. The Morgan fingerprint density at radius 1 is 1.09 bits per heavy atom. The maximum absolute atomic E-state index is 13.4. The number of carbonyl (C=O) groups excluding carboxylic acids is 3. The van der Waals surface area contributed by atoms with Gasteiger partial charge in [-0.2, -0.15) is 0 Å². The Morgan fingerprint density at radius 2 is 1.82 bits per heavy atom. The summed E-state index contributed by atoms with van der Waals surface area (Å²) in [6.45, 7) is 0. The maximum Gasteiger partial charge on any atom is 0.322 e. The van der Waals surface area contributed by atoms with Crippen LogP contribution in [0.25, 0.3) is 0 Å². The van der Waals surface area contributed by atoms with E-state index in [1.54, 1.807) is 53.4 Å². The first-order valence-corrected chi connectivity index (χ1v) is 11.4. The second-order valence-electron chi connectivity index (χ2n) is 8.28. The van der Waals surface area contributed by atoms with Crippen LogP contribution in [0.3, 0.4) is 0 Å². The number of nitrogens with one attached hydrogen (secondary N) is 3. The van der Waals surface area contributed by atoms with Gasteiger partial charge in [-0.15, -0.1) is 0 Å². The highest BCUT2D eigenvalue weighted by molar-refractivity contribution is 6.30. The number of fused-ring (bicyclic) bond motifs is 1. The number of halogens is 1. The number of hydrogen-bond donors (Lipinski definition) is 3. The lowest BCUT2D eigenvalue weighted by Crippen LogP contribution is -2.68. The summed E-state index contributed by atoms with van der Waals surface area (Å²) in [5, 5.41) is 9.25. The predicted molar refractivity (Wildman–Crippen MR) is 127 cm³/mol. The largest absolute Gasteiger partial charge is 0.495 e.